The Labute approximate surface area is 154 Å². The predicted octanol–water partition coefficient (Wildman–Crippen LogP) is 2.38. The van der Waals surface area contributed by atoms with Gasteiger partial charge >= 0.3 is 5.97 Å². The molecule has 0 bridgehead atoms. The fraction of sp³-hybridized carbons (Fsp3) is 0.222. The number of esters is 1. The number of carbonyl (C=O) groups is 4. The van der Waals surface area contributed by atoms with Crippen LogP contribution in [0.15, 0.2) is 41.8 Å². The SMILES string of the molecule is CC(OC(=O)CCC(=O)c1ccccc1)C(=O)Nc1sccc1C(N)=O. The number of nitrogens with two attached hydrogens (primary N) is 1. The van der Waals surface area contributed by atoms with Gasteiger partial charge in [0.2, 0.25) is 0 Å². The molecule has 7 nitrogen and oxygen atoms in total. The lowest BCUT2D eigenvalue weighted by Gasteiger charge is -2.13. The Hall–Kier alpha value is -3.00. The molecule has 0 saturated carbocycles. The van der Waals surface area contributed by atoms with Gasteiger partial charge in [-0.25, -0.2) is 0 Å². The first-order valence-electron chi connectivity index (χ1n) is 7.84. The topological polar surface area (TPSA) is 116 Å². The highest BCUT2D eigenvalue weighted by Crippen LogP contribution is 2.23. The minimum absolute atomic E-state index is 0.00602. The van der Waals surface area contributed by atoms with Crippen molar-refractivity contribution in [3.05, 3.63) is 52.9 Å². The molecule has 1 aromatic heterocycles. The van der Waals surface area contributed by atoms with Crippen LogP contribution >= 0.6 is 11.3 Å². The maximum absolute atomic E-state index is 12.1. The lowest BCUT2D eigenvalue weighted by molar-refractivity contribution is -0.153. The maximum atomic E-state index is 12.1. The minimum Gasteiger partial charge on any atom is -0.453 e. The van der Waals surface area contributed by atoms with Crippen LogP contribution in [0.3, 0.4) is 0 Å². The van der Waals surface area contributed by atoms with E-state index in [4.69, 9.17) is 10.5 Å². The number of hydrogen-bond donors (Lipinski definition) is 2. The van der Waals surface area contributed by atoms with E-state index in [0.717, 1.165) is 11.3 Å². The lowest BCUT2D eigenvalue weighted by Crippen LogP contribution is -2.30. The van der Waals surface area contributed by atoms with E-state index in [1.54, 1.807) is 35.7 Å². The largest absolute Gasteiger partial charge is 0.453 e. The molecule has 2 rings (SSSR count). The zero-order valence-corrected chi connectivity index (χ0v) is 14.9. The van der Waals surface area contributed by atoms with E-state index in [9.17, 15) is 19.2 Å². The number of anilines is 1. The third kappa shape index (κ3) is 5.25. The summed E-state index contributed by atoms with van der Waals surface area (Å²) in [5.74, 6) is -2.08. The van der Waals surface area contributed by atoms with E-state index in [1.165, 1.54) is 13.0 Å². The fourth-order valence-corrected chi connectivity index (χ4v) is 2.90. The Morgan fingerprint density at radius 3 is 2.46 bits per heavy atom. The number of nitrogens with one attached hydrogen (secondary N) is 1. The van der Waals surface area contributed by atoms with Crippen LogP contribution in [0.4, 0.5) is 5.00 Å². The molecule has 1 unspecified atom stereocenters. The van der Waals surface area contributed by atoms with Gasteiger partial charge in [-0.1, -0.05) is 30.3 Å². The summed E-state index contributed by atoms with van der Waals surface area (Å²) in [4.78, 5) is 47.1. The average Bonchev–Trinajstić information content (AvgIpc) is 3.08. The van der Waals surface area contributed by atoms with Crippen LogP contribution in [0.5, 0.6) is 0 Å². The molecular weight excluding hydrogens is 356 g/mol. The number of benzene rings is 1. The van der Waals surface area contributed by atoms with Crippen LogP contribution in [0.25, 0.3) is 0 Å². The molecule has 0 saturated heterocycles. The van der Waals surface area contributed by atoms with Gasteiger partial charge in [-0.3, -0.25) is 19.2 Å². The zero-order valence-electron chi connectivity index (χ0n) is 14.1. The summed E-state index contributed by atoms with van der Waals surface area (Å²) in [6.45, 7) is 1.41. The molecule has 0 radical (unpaired) electrons. The molecule has 26 heavy (non-hydrogen) atoms. The Kier molecular flexibility index (Phi) is 6.62. The van der Waals surface area contributed by atoms with Gasteiger partial charge in [0.05, 0.1) is 12.0 Å². The highest BCUT2D eigenvalue weighted by atomic mass is 32.1. The summed E-state index contributed by atoms with van der Waals surface area (Å²) in [6, 6.07) is 10.1. The Balaban J connectivity index is 1.82. The van der Waals surface area contributed by atoms with Crippen LogP contribution in [0.2, 0.25) is 0 Å². The van der Waals surface area contributed by atoms with Crippen LogP contribution in [-0.4, -0.2) is 29.7 Å². The summed E-state index contributed by atoms with van der Waals surface area (Å²) in [5.41, 5.74) is 5.91. The first-order valence-corrected chi connectivity index (χ1v) is 8.72. The van der Waals surface area contributed by atoms with Crippen molar-refractivity contribution in [2.75, 3.05) is 5.32 Å². The number of primary amides is 1. The molecular formula is C18H18N2O5S. The molecule has 1 atom stereocenters. The number of amides is 2. The molecule has 0 aliphatic rings. The standard InChI is InChI=1S/C18H18N2O5S/c1-11(17(24)20-18-13(16(19)23)9-10-26-18)25-15(22)8-7-14(21)12-5-3-2-4-6-12/h2-6,9-11H,7-8H2,1H3,(H2,19,23)(H,20,24). The van der Waals surface area contributed by atoms with Crippen molar-refractivity contribution in [2.45, 2.75) is 25.9 Å². The fourth-order valence-electron chi connectivity index (χ4n) is 2.11. The van der Waals surface area contributed by atoms with E-state index in [0.29, 0.717) is 10.6 Å². The van der Waals surface area contributed by atoms with E-state index >= 15 is 0 Å². The second-order valence-electron chi connectivity index (χ2n) is 5.44. The number of ether oxygens (including phenoxy) is 1. The Morgan fingerprint density at radius 2 is 1.81 bits per heavy atom. The number of hydrogen-bond acceptors (Lipinski definition) is 6. The maximum Gasteiger partial charge on any atom is 0.307 e. The first-order chi connectivity index (χ1) is 12.4. The molecule has 8 heteroatoms. The predicted molar refractivity (Wildman–Crippen MR) is 97.0 cm³/mol. The molecule has 0 fully saturated rings. The third-order valence-electron chi connectivity index (χ3n) is 3.50. The van der Waals surface area contributed by atoms with Gasteiger partial charge in [0.15, 0.2) is 11.9 Å². The second kappa shape index (κ2) is 8.91. The van der Waals surface area contributed by atoms with Gasteiger partial charge in [-0.15, -0.1) is 11.3 Å². The van der Waals surface area contributed by atoms with Gasteiger partial charge in [0.25, 0.3) is 11.8 Å². The van der Waals surface area contributed by atoms with Crippen molar-refractivity contribution in [1.82, 2.24) is 0 Å². The zero-order chi connectivity index (χ0) is 19.1. The molecule has 0 aliphatic heterocycles. The molecule has 2 amide bonds. The molecule has 0 spiro atoms. The van der Waals surface area contributed by atoms with Crippen LogP contribution < -0.4 is 11.1 Å². The second-order valence-corrected chi connectivity index (χ2v) is 6.35. The summed E-state index contributed by atoms with van der Waals surface area (Å²) < 4.78 is 5.03. The van der Waals surface area contributed by atoms with Crippen molar-refractivity contribution < 1.29 is 23.9 Å². The minimum atomic E-state index is -1.07. The molecule has 2 aromatic rings. The van der Waals surface area contributed by atoms with Crippen LogP contribution in [0, 0.1) is 0 Å². The summed E-state index contributed by atoms with van der Waals surface area (Å²) in [5, 5.41) is 4.41. The van der Waals surface area contributed by atoms with Crippen molar-refractivity contribution in [2.24, 2.45) is 5.73 Å². The van der Waals surface area contributed by atoms with E-state index in [1.807, 2.05) is 0 Å². The summed E-state index contributed by atoms with van der Waals surface area (Å²) in [7, 11) is 0. The summed E-state index contributed by atoms with van der Waals surface area (Å²) in [6.07, 6.45) is -1.21. The highest BCUT2D eigenvalue weighted by Gasteiger charge is 2.21. The molecule has 0 aliphatic carbocycles. The van der Waals surface area contributed by atoms with Crippen LogP contribution in [0.1, 0.15) is 40.5 Å². The monoisotopic (exact) mass is 374 g/mol. The van der Waals surface area contributed by atoms with E-state index in [2.05, 4.69) is 5.32 Å². The van der Waals surface area contributed by atoms with E-state index < -0.39 is 23.9 Å². The number of Topliss-reactive ketones (excluding diaryl/α,β-unsaturated/α-hetero) is 1. The van der Waals surface area contributed by atoms with Crippen molar-refractivity contribution in [3.63, 3.8) is 0 Å². The highest BCUT2D eigenvalue weighted by molar-refractivity contribution is 7.14. The van der Waals surface area contributed by atoms with Crippen LogP contribution in [-0.2, 0) is 14.3 Å². The number of ketones is 1. The van der Waals surface area contributed by atoms with Crippen molar-refractivity contribution >= 4 is 39.9 Å². The molecule has 1 aromatic carbocycles. The Bertz CT molecular complexity index is 816. The quantitative estimate of drug-likeness (QED) is 0.544. The normalized spacial score (nSPS) is 11.4. The molecule has 3 N–H and O–H groups in total. The van der Waals surface area contributed by atoms with Crippen molar-refractivity contribution in [1.29, 1.82) is 0 Å². The number of carbonyl (C=O) groups excluding carboxylic acids is 4. The van der Waals surface area contributed by atoms with Gasteiger partial charge in [-0.2, -0.15) is 0 Å². The van der Waals surface area contributed by atoms with Crippen molar-refractivity contribution in [3.8, 4) is 0 Å². The number of rotatable bonds is 8. The van der Waals surface area contributed by atoms with Gasteiger partial charge in [-0.05, 0) is 18.4 Å². The van der Waals surface area contributed by atoms with Gasteiger partial charge < -0.3 is 15.8 Å². The number of thiophene rings is 1. The van der Waals surface area contributed by atoms with Gasteiger partial charge in [0, 0.05) is 12.0 Å². The summed E-state index contributed by atoms with van der Waals surface area (Å²) >= 11 is 1.14. The van der Waals surface area contributed by atoms with Gasteiger partial charge in [0.1, 0.15) is 5.00 Å². The lowest BCUT2D eigenvalue weighted by atomic mass is 10.1. The molecule has 136 valence electrons. The molecule has 1 heterocycles. The smallest absolute Gasteiger partial charge is 0.307 e. The Morgan fingerprint density at radius 1 is 1.12 bits per heavy atom. The first kappa shape index (κ1) is 19.3. The third-order valence-corrected chi connectivity index (χ3v) is 4.33. The van der Waals surface area contributed by atoms with E-state index in [-0.39, 0.29) is 24.2 Å². The average molecular weight is 374 g/mol.